The molecule has 2 bridgehead atoms. The van der Waals surface area contributed by atoms with E-state index >= 15 is 0 Å². The molecule has 2 aliphatic rings. The van der Waals surface area contributed by atoms with Crippen LogP contribution < -0.4 is 0 Å². The van der Waals surface area contributed by atoms with Gasteiger partial charge in [-0.3, -0.25) is 0 Å². The summed E-state index contributed by atoms with van der Waals surface area (Å²) in [5.41, 5.74) is 3.05. The molecule has 3 rings (SSSR count). The fourth-order valence-corrected chi connectivity index (χ4v) is 3.40. The first-order valence-electron chi connectivity index (χ1n) is 5.61. The smallest absolute Gasteiger partial charge is 0.115 e. The number of hydrogen-bond donors (Lipinski definition) is 1. The summed E-state index contributed by atoms with van der Waals surface area (Å²) in [5, 5.41) is 9.58. The first kappa shape index (κ1) is 9.22. The summed E-state index contributed by atoms with van der Waals surface area (Å²) in [6, 6.07) is 6.57. The van der Waals surface area contributed by atoms with Gasteiger partial charge in [-0.05, 0) is 43.1 Å². The van der Waals surface area contributed by atoms with Gasteiger partial charge in [0.05, 0.1) is 0 Å². The lowest BCUT2D eigenvalue weighted by molar-refractivity contribution is 0.309. The predicted molar refractivity (Wildman–Crippen MR) is 60.2 cm³/mol. The van der Waals surface area contributed by atoms with Gasteiger partial charge in [0.15, 0.2) is 0 Å². The van der Waals surface area contributed by atoms with E-state index in [1.54, 1.807) is 0 Å². The van der Waals surface area contributed by atoms with E-state index in [9.17, 15) is 5.11 Å². The average molecular weight is 203 g/mol. The number of phenolic OH excluding ortho intramolecular Hbond substituents is 1. The number of fused-ring (bicyclic) bond motifs is 4. The molecule has 2 nitrogen and oxygen atoms in total. The second-order valence-electron chi connectivity index (χ2n) is 5.38. The summed E-state index contributed by atoms with van der Waals surface area (Å²) >= 11 is 0. The maximum atomic E-state index is 9.58. The molecule has 1 aromatic rings. The number of aromatic hydroxyl groups is 1. The fourth-order valence-electron chi connectivity index (χ4n) is 3.40. The van der Waals surface area contributed by atoms with Gasteiger partial charge in [-0.15, -0.1) is 0 Å². The molecule has 0 amide bonds. The van der Waals surface area contributed by atoms with Crippen LogP contribution in [0.1, 0.15) is 24.5 Å². The molecule has 1 aliphatic carbocycles. The van der Waals surface area contributed by atoms with E-state index in [1.165, 1.54) is 17.5 Å². The Labute approximate surface area is 90.5 Å². The van der Waals surface area contributed by atoms with Crippen LogP contribution in [0.3, 0.4) is 0 Å². The largest absolute Gasteiger partial charge is 0.508 e. The zero-order chi connectivity index (χ0) is 10.6. The van der Waals surface area contributed by atoms with Crippen molar-refractivity contribution in [2.75, 3.05) is 13.6 Å². The summed E-state index contributed by atoms with van der Waals surface area (Å²) < 4.78 is 0. The van der Waals surface area contributed by atoms with Crippen LogP contribution in [-0.2, 0) is 11.8 Å². The summed E-state index contributed by atoms with van der Waals surface area (Å²) in [6.07, 6.45) is 2.38. The maximum Gasteiger partial charge on any atom is 0.115 e. The van der Waals surface area contributed by atoms with E-state index in [4.69, 9.17) is 0 Å². The molecule has 1 N–H and O–H groups in total. The molecule has 2 heteroatoms. The number of benzene rings is 1. The SMILES string of the molecule is CN1C[C@@]2(C)C[C@@H]1Cc1ccc(O)cc12. The third-order valence-electron chi connectivity index (χ3n) is 4.11. The Bertz CT molecular complexity index is 411. The van der Waals surface area contributed by atoms with Crippen molar-refractivity contribution < 1.29 is 5.11 Å². The minimum Gasteiger partial charge on any atom is -0.508 e. The number of phenols is 1. The van der Waals surface area contributed by atoms with Gasteiger partial charge in [-0.25, -0.2) is 0 Å². The van der Waals surface area contributed by atoms with Gasteiger partial charge < -0.3 is 10.0 Å². The number of nitrogens with zero attached hydrogens (tertiary/aromatic N) is 1. The Balaban J connectivity index is 2.16. The van der Waals surface area contributed by atoms with E-state index in [0.717, 1.165) is 13.0 Å². The van der Waals surface area contributed by atoms with Crippen molar-refractivity contribution in [1.29, 1.82) is 0 Å². The summed E-state index contributed by atoms with van der Waals surface area (Å²) in [5.74, 6) is 0.406. The van der Waals surface area contributed by atoms with Gasteiger partial charge in [0.25, 0.3) is 0 Å². The predicted octanol–water partition coefficient (Wildman–Crippen LogP) is 1.91. The zero-order valence-electron chi connectivity index (χ0n) is 9.33. The molecular weight excluding hydrogens is 186 g/mol. The van der Waals surface area contributed by atoms with Crippen molar-refractivity contribution in [2.45, 2.75) is 31.2 Å². The van der Waals surface area contributed by atoms with E-state index in [2.05, 4.69) is 24.9 Å². The first-order chi connectivity index (χ1) is 7.08. The lowest BCUT2D eigenvalue weighted by Gasteiger charge is -2.31. The van der Waals surface area contributed by atoms with Crippen LogP contribution >= 0.6 is 0 Å². The number of likely N-dealkylation sites (N-methyl/N-ethyl adjacent to an activating group) is 1. The van der Waals surface area contributed by atoms with Crippen molar-refractivity contribution in [2.24, 2.45) is 0 Å². The number of likely N-dealkylation sites (tertiary alicyclic amines) is 1. The van der Waals surface area contributed by atoms with Gasteiger partial charge in [0.1, 0.15) is 5.75 Å². The molecule has 1 fully saturated rings. The molecule has 80 valence electrons. The summed E-state index contributed by atoms with van der Waals surface area (Å²) in [4.78, 5) is 2.46. The van der Waals surface area contributed by atoms with Crippen LogP contribution in [0.25, 0.3) is 0 Å². The highest BCUT2D eigenvalue weighted by atomic mass is 16.3. The normalized spacial score (nSPS) is 34.1. The van der Waals surface area contributed by atoms with Crippen LogP contribution in [0, 0.1) is 0 Å². The summed E-state index contributed by atoms with van der Waals surface area (Å²) in [6.45, 7) is 3.44. The van der Waals surface area contributed by atoms with E-state index in [1.807, 2.05) is 12.1 Å². The van der Waals surface area contributed by atoms with Crippen molar-refractivity contribution in [1.82, 2.24) is 4.90 Å². The third-order valence-corrected chi connectivity index (χ3v) is 4.11. The Morgan fingerprint density at radius 1 is 1.47 bits per heavy atom. The molecule has 15 heavy (non-hydrogen) atoms. The first-order valence-corrected chi connectivity index (χ1v) is 5.61. The molecule has 0 aromatic heterocycles. The number of hydrogen-bond acceptors (Lipinski definition) is 2. The van der Waals surface area contributed by atoms with Crippen LogP contribution in [0.5, 0.6) is 5.75 Å². The number of rotatable bonds is 0. The zero-order valence-corrected chi connectivity index (χ0v) is 9.33. The standard InChI is InChI=1S/C13H17NO/c1-13-7-10(14(2)8-13)5-9-3-4-11(15)6-12(9)13/h3-4,6,10,15H,5,7-8H2,1-2H3/t10-,13+/m0/s1. The van der Waals surface area contributed by atoms with Crippen LogP contribution in [0.2, 0.25) is 0 Å². The molecule has 1 aromatic carbocycles. The Hall–Kier alpha value is -1.02. The topological polar surface area (TPSA) is 23.5 Å². The van der Waals surface area contributed by atoms with Crippen molar-refractivity contribution in [3.63, 3.8) is 0 Å². The molecule has 0 spiro atoms. The van der Waals surface area contributed by atoms with Crippen LogP contribution in [0.15, 0.2) is 18.2 Å². The van der Waals surface area contributed by atoms with Gasteiger partial charge in [0.2, 0.25) is 0 Å². The van der Waals surface area contributed by atoms with Crippen LogP contribution in [-0.4, -0.2) is 29.6 Å². The maximum absolute atomic E-state index is 9.58. The Morgan fingerprint density at radius 3 is 3.07 bits per heavy atom. The quantitative estimate of drug-likeness (QED) is 0.696. The van der Waals surface area contributed by atoms with E-state index in [-0.39, 0.29) is 5.41 Å². The molecule has 0 unspecified atom stereocenters. The van der Waals surface area contributed by atoms with Gasteiger partial charge in [-0.2, -0.15) is 0 Å². The van der Waals surface area contributed by atoms with Crippen molar-refractivity contribution >= 4 is 0 Å². The van der Waals surface area contributed by atoms with Gasteiger partial charge in [-0.1, -0.05) is 13.0 Å². The molecular formula is C13H17NO. The lowest BCUT2D eigenvalue weighted by Crippen LogP contribution is -2.28. The van der Waals surface area contributed by atoms with Crippen molar-refractivity contribution in [3.8, 4) is 5.75 Å². The molecule has 2 atom stereocenters. The average Bonchev–Trinajstić information content (AvgIpc) is 2.41. The van der Waals surface area contributed by atoms with Gasteiger partial charge in [0, 0.05) is 18.0 Å². The van der Waals surface area contributed by atoms with E-state index < -0.39 is 0 Å². The molecule has 1 aliphatic heterocycles. The third kappa shape index (κ3) is 1.21. The van der Waals surface area contributed by atoms with Crippen molar-refractivity contribution in [3.05, 3.63) is 29.3 Å². The Kier molecular flexibility index (Phi) is 1.70. The molecule has 1 saturated heterocycles. The Morgan fingerprint density at radius 2 is 2.27 bits per heavy atom. The molecule has 0 saturated carbocycles. The minimum absolute atomic E-state index is 0.256. The highest BCUT2D eigenvalue weighted by Gasteiger charge is 2.44. The highest BCUT2D eigenvalue weighted by molar-refractivity contribution is 5.44. The van der Waals surface area contributed by atoms with Gasteiger partial charge >= 0.3 is 0 Å². The second kappa shape index (κ2) is 2.76. The fraction of sp³-hybridized carbons (Fsp3) is 0.538. The monoisotopic (exact) mass is 203 g/mol. The highest BCUT2D eigenvalue weighted by Crippen LogP contribution is 2.45. The van der Waals surface area contributed by atoms with Crippen LogP contribution in [0.4, 0.5) is 0 Å². The summed E-state index contributed by atoms with van der Waals surface area (Å²) in [7, 11) is 2.21. The minimum atomic E-state index is 0.256. The van der Waals surface area contributed by atoms with E-state index in [0.29, 0.717) is 11.8 Å². The molecule has 1 heterocycles. The molecule has 0 radical (unpaired) electrons. The lowest BCUT2D eigenvalue weighted by atomic mass is 9.73. The second-order valence-corrected chi connectivity index (χ2v) is 5.38.